The second-order valence-corrected chi connectivity index (χ2v) is 5.70. The van der Waals surface area contributed by atoms with E-state index in [0.717, 1.165) is 10.6 Å². The fraction of sp³-hybridized carbons (Fsp3) is 0.143. The molecule has 1 aromatic heterocycles. The van der Waals surface area contributed by atoms with Gasteiger partial charge in [-0.25, -0.2) is 0 Å². The Morgan fingerprint density at radius 2 is 2.10 bits per heavy atom. The highest BCUT2D eigenvalue weighted by Crippen LogP contribution is 2.22. The molecule has 0 aliphatic heterocycles. The fourth-order valence-electron chi connectivity index (χ4n) is 1.74. The second kappa shape index (κ2) is 6.60. The first-order valence-corrected chi connectivity index (χ1v) is 7.39. The molecule has 0 spiro atoms. The van der Waals surface area contributed by atoms with Gasteiger partial charge >= 0.3 is 0 Å². The maximum atomic E-state index is 11.7. The number of nitrogens with two attached hydrogens (primary N) is 1. The van der Waals surface area contributed by atoms with E-state index in [1.165, 1.54) is 11.3 Å². The van der Waals surface area contributed by atoms with Gasteiger partial charge in [-0.05, 0) is 24.3 Å². The molecule has 0 saturated heterocycles. The third kappa shape index (κ3) is 3.74. The summed E-state index contributed by atoms with van der Waals surface area (Å²) < 4.78 is 0. The van der Waals surface area contributed by atoms with Crippen LogP contribution in [0, 0.1) is 0 Å². The van der Waals surface area contributed by atoms with E-state index in [2.05, 4.69) is 10.6 Å². The van der Waals surface area contributed by atoms with Gasteiger partial charge in [-0.15, -0.1) is 11.3 Å². The molecule has 2 amide bonds. The second-order valence-electron chi connectivity index (χ2n) is 4.29. The zero-order valence-corrected chi connectivity index (χ0v) is 12.8. The summed E-state index contributed by atoms with van der Waals surface area (Å²) in [7, 11) is 1.55. The Balaban J connectivity index is 2.09. The lowest BCUT2D eigenvalue weighted by molar-refractivity contribution is 0.0961. The van der Waals surface area contributed by atoms with Crippen LogP contribution in [0.5, 0.6) is 0 Å². The first-order valence-electron chi connectivity index (χ1n) is 6.14. The number of rotatable bonds is 5. The van der Waals surface area contributed by atoms with Crippen molar-refractivity contribution >= 4 is 40.4 Å². The van der Waals surface area contributed by atoms with E-state index in [9.17, 15) is 9.59 Å². The third-order valence-electron chi connectivity index (χ3n) is 2.84. The first-order chi connectivity index (χ1) is 10.0. The number of halogens is 1. The number of amides is 2. The van der Waals surface area contributed by atoms with Crippen molar-refractivity contribution in [1.29, 1.82) is 0 Å². The van der Waals surface area contributed by atoms with Crippen molar-refractivity contribution < 1.29 is 9.59 Å². The van der Waals surface area contributed by atoms with Crippen molar-refractivity contribution in [3.05, 3.63) is 50.7 Å². The van der Waals surface area contributed by atoms with Gasteiger partial charge in [-0.3, -0.25) is 9.59 Å². The molecule has 2 rings (SSSR count). The summed E-state index contributed by atoms with van der Waals surface area (Å²) in [5.41, 5.74) is 6.89. The molecule has 1 heterocycles. The molecule has 21 heavy (non-hydrogen) atoms. The molecule has 0 saturated carbocycles. The van der Waals surface area contributed by atoms with E-state index < -0.39 is 5.91 Å². The molecular weight excluding hydrogens is 310 g/mol. The number of hydrogen-bond donors (Lipinski definition) is 3. The Bertz CT molecular complexity index is 685. The van der Waals surface area contributed by atoms with E-state index in [1.54, 1.807) is 36.7 Å². The van der Waals surface area contributed by atoms with Crippen LogP contribution in [0.15, 0.2) is 29.6 Å². The molecule has 0 aliphatic carbocycles. The highest BCUT2D eigenvalue weighted by atomic mass is 35.5. The van der Waals surface area contributed by atoms with Crippen molar-refractivity contribution in [2.45, 2.75) is 6.54 Å². The summed E-state index contributed by atoms with van der Waals surface area (Å²) in [6.45, 7) is 0.534. The fourth-order valence-corrected chi connectivity index (χ4v) is 2.75. The van der Waals surface area contributed by atoms with Gasteiger partial charge in [0.2, 0.25) is 5.91 Å². The zero-order valence-electron chi connectivity index (χ0n) is 11.3. The van der Waals surface area contributed by atoms with Crippen LogP contribution in [0.1, 0.15) is 25.6 Å². The maximum Gasteiger partial charge on any atom is 0.252 e. The molecule has 0 unspecified atom stereocenters. The Morgan fingerprint density at radius 1 is 1.33 bits per heavy atom. The minimum absolute atomic E-state index is 0.240. The van der Waals surface area contributed by atoms with Crippen molar-refractivity contribution in [3.8, 4) is 0 Å². The van der Waals surface area contributed by atoms with Crippen molar-refractivity contribution in [3.63, 3.8) is 0 Å². The molecule has 0 radical (unpaired) electrons. The van der Waals surface area contributed by atoms with Crippen molar-refractivity contribution in [2.75, 3.05) is 12.4 Å². The average molecular weight is 324 g/mol. The lowest BCUT2D eigenvalue weighted by Crippen LogP contribution is -2.18. The van der Waals surface area contributed by atoms with Gasteiger partial charge in [0.1, 0.15) is 0 Å². The molecule has 4 N–H and O–H groups in total. The highest BCUT2D eigenvalue weighted by molar-refractivity contribution is 7.10. The molecule has 110 valence electrons. The molecule has 0 fully saturated rings. The zero-order chi connectivity index (χ0) is 15.4. The molecule has 1 aromatic carbocycles. The average Bonchev–Trinajstić information content (AvgIpc) is 2.94. The molecule has 5 nitrogen and oxygen atoms in total. The monoisotopic (exact) mass is 323 g/mol. The number of thiophene rings is 1. The maximum absolute atomic E-state index is 11.7. The lowest BCUT2D eigenvalue weighted by Gasteiger charge is -2.08. The first kappa shape index (κ1) is 15.3. The van der Waals surface area contributed by atoms with Crippen molar-refractivity contribution in [1.82, 2.24) is 5.32 Å². The normalized spacial score (nSPS) is 10.2. The van der Waals surface area contributed by atoms with Gasteiger partial charge in [0.15, 0.2) is 0 Å². The van der Waals surface area contributed by atoms with Crippen LogP contribution in [-0.4, -0.2) is 18.9 Å². The van der Waals surface area contributed by atoms with E-state index >= 15 is 0 Å². The summed E-state index contributed by atoms with van der Waals surface area (Å²) in [5.74, 6) is -0.679. The van der Waals surface area contributed by atoms with Gasteiger partial charge in [0, 0.05) is 29.5 Å². The number of primary amides is 1. The number of benzene rings is 1. The van der Waals surface area contributed by atoms with Crippen LogP contribution in [0.25, 0.3) is 0 Å². The molecule has 0 bridgehead atoms. The van der Waals surface area contributed by atoms with Crippen LogP contribution in [0.3, 0.4) is 0 Å². The smallest absolute Gasteiger partial charge is 0.252 e. The van der Waals surface area contributed by atoms with E-state index in [-0.39, 0.29) is 5.91 Å². The molecule has 2 aromatic rings. The standard InChI is InChI=1S/C14H14ClN3O2S/c1-17-14(20)11-5-9(2-3-12(11)15)18-6-10-4-8(7-21-10)13(16)19/h2-5,7,18H,6H2,1H3,(H2,16,19)(H,17,20). The Morgan fingerprint density at radius 3 is 2.71 bits per heavy atom. The molecular formula is C14H14ClN3O2S. The van der Waals surface area contributed by atoms with Crippen molar-refractivity contribution in [2.24, 2.45) is 5.73 Å². The van der Waals surface area contributed by atoms with E-state index in [4.69, 9.17) is 17.3 Å². The van der Waals surface area contributed by atoms with Gasteiger partial charge in [-0.2, -0.15) is 0 Å². The quantitative estimate of drug-likeness (QED) is 0.790. The molecule has 0 aliphatic rings. The van der Waals surface area contributed by atoms with Crippen LogP contribution in [0.4, 0.5) is 5.69 Å². The largest absolute Gasteiger partial charge is 0.380 e. The Kier molecular flexibility index (Phi) is 4.82. The van der Waals surface area contributed by atoms with Crippen LogP contribution in [-0.2, 0) is 6.54 Å². The summed E-state index contributed by atoms with van der Waals surface area (Å²) in [5, 5.41) is 7.83. The third-order valence-corrected chi connectivity index (χ3v) is 4.11. The van der Waals surface area contributed by atoms with Crippen LogP contribution < -0.4 is 16.4 Å². The molecule has 7 heteroatoms. The topological polar surface area (TPSA) is 84.2 Å². The number of nitrogens with one attached hydrogen (secondary N) is 2. The summed E-state index contributed by atoms with van der Waals surface area (Å²) in [4.78, 5) is 23.7. The minimum atomic E-state index is -0.439. The van der Waals surface area contributed by atoms with Crippen LogP contribution in [0.2, 0.25) is 5.02 Å². The van der Waals surface area contributed by atoms with Gasteiger partial charge < -0.3 is 16.4 Å². The number of carbonyl (C=O) groups is 2. The minimum Gasteiger partial charge on any atom is -0.380 e. The lowest BCUT2D eigenvalue weighted by atomic mass is 10.2. The number of hydrogen-bond acceptors (Lipinski definition) is 4. The number of anilines is 1. The summed E-state index contributed by atoms with van der Waals surface area (Å²) in [6, 6.07) is 6.88. The van der Waals surface area contributed by atoms with Gasteiger partial charge in [0.25, 0.3) is 5.91 Å². The Hall–Kier alpha value is -2.05. The Labute approximate surface area is 131 Å². The number of carbonyl (C=O) groups excluding carboxylic acids is 2. The van der Waals surface area contributed by atoms with Gasteiger partial charge in [-0.1, -0.05) is 11.6 Å². The SMILES string of the molecule is CNC(=O)c1cc(NCc2cc(C(N)=O)cs2)ccc1Cl. The summed E-state index contributed by atoms with van der Waals surface area (Å²) in [6.07, 6.45) is 0. The van der Waals surface area contributed by atoms with E-state index in [0.29, 0.717) is 22.7 Å². The predicted octanol–water partition coefficient (Wildman–Crippen LogP) is 2.47. The van der Waals surface area contributed by atoms with E-state index in [1.807, 2.05) is 0 Å². The molecule has 0 atom stereocenters. The van der Waals surface area contributed by atoms with Crippen LogP contribution >= 0.6 is 22.9 Å². The summed E-state index contributed by atoms with van der Waals surface area (Å²) >= 11 is 7.43. The van der Waals surface area contributed by atoms with Gasteiger partial charge in [0.05, 0.1) is 16.1 Å². The highest BCUT2D eigenvalue weighted by Gasteiger charge is 2.10. The predicted molar refractivity (Wildman–Crippen MR) is 85.0 cm³/mol.